The summed E-state index contributed by atoms with van der Waals surface area (Å²) in [5.74, 6) is -1.29. The van der Waals surface area contributed by atoms with E-state index in [9.17, 15) is 18.7 Å². The zero-order valence-corrected chi connectivity index (χ0v) is 13.2. The van der Waals surface area contributed by atoms with Crippen molar-refractivity contribution in [2.45, 2.75) is 38.7 Å². The summed E-state index contributed by atoms with van der Waals surface area (Å²) in [7, 11) is 0. The molecule has 3 atom stereocenters. The van der Waals surface area contributed by atoms with Crippen LogP contribution in [-0.4, -0.2) is 30.3 Å². The number of rotatable bonds is 6. The van der Waals surface area contributed by atoms with Gasteiger partial charge in [0.15, 0.2) is 11.6 Å². The maximum atomic E-state index is 13.0. The number of carbonyl (C=O) groups is 1. The molecule has 1 saturated carbocycles. The quantitative estimate of drug-likeness (QED) is 0.844. The molecule has 1 aliphatic carbocycles. The summed E-state index contributed by atoms with van der Waals surface area (Å²) in [5.41, 5.74) is 0. The lowest BCUT2D eigenvalue weighted by molar-refractivity contribution is -0.126. The zero-order valence-electron chi connectivity index (χ0n) is 13.2. The number of hydrogen-bond acceptors (Lipinski definition) is 3. The molecule has 128 valence electrons. The van der Waals surface area contributed by atoms with Gasteiger partial charge in [0.2, 0.25) is 5.91 Å². The molecule has 1 fully saturated rings. The Labute approximate surface area is 134 Å². The van der Waals surface area contributed by atoms with Crippen LogP contribution in [0.1, 0.15) is 32.6 Å². The zero-order chi connectivity index (χ0) is 16.8. The number of ether oxygens (including phenoxy) is 1. The first kappa shape index (κ1) is 17.7. The van der Waals surface area contributed by atoms with Crippen LogP contribution in [0.4, 0.5) is 8.78 Å². The van der Waals surface area contributed by atoms with Crippen molar-refractivity contribution in [3.8, 4) is 5.75 Å². The Morgan fingerprint density at radius 2 is 2.17 bits per heavy atom. The van der Waals surface area contributed by atoms with Crippen LogP contribution in [0.5, 0.6) is 5.75 Å². The van der Waals surface area contributed by atoms with Gasteiger partial charge in [0, 0.05) is 18.5 Å². The maximum Gasteiger partial charge on any atom is 0.223 e. The molecule has 0 spiro atoms. The molecule has 0 aromatic heterocycles. The Balaban J connectivity index is 1.71. The molecule has 1 aromatic rings. The van der Waals surface area contributed by atoms with Crippen LogP contribution in [0.3, 0.4) is 0 Å². The first-order chi connectivity index (χ1) is 11.0. The van der Waals surface area contributed by atoms with E-state index in [1.807, 2.05) is 0 Å². The van der Waals surface area contributed by atoms with Crippen molar-refractivity contribution < 1.29 is 23.4 Å². The first-order valence-electron chi connectivity index (χ1n) is 7.99. The normalized spacial score (nSPS) is 22.4. The number of benzene rings is 1. The van der Waals surface area contributed by atoms with Gasteiger partial charge in [-0.1, -0.05) is 19.8 Å². The molecule has 0 saturated heterocycles. The number of carbonyl (C=O) groups excluding carboxylic acids is 1. The molecular formula is C17H23F2NO3. The summed E-state index contributed by atoms with van der Waals surface area (Å²) in [6, 6.07) is 3.17. The lowest BCUT2D eigenvalue weighted by Gasteiger charge is -2.26. The summed E-state index contributed by atoms with van der Waals surface area (Å²) in [4.78, 5) is 12.1. The van der Waals surface area contributed by atoms with Crippen LogP contribution in [-0.2, 0) is 4.79 Å². The third-order valence-electron chi connectivity index (χ3n) is 4.15. The lowest BCUT2D eigenvalue weighted by Crippen LogP contribution is -2.39. The van der Waals surface area contributed by atoms with Crippen molar-refractivity contribution in [2.24, 2.45) is 11.8 Å². The number of aliphatic hydroxyl groups is 1. The van der Waals surface area contributed by atoms with Gasteiger partial charge in [0.25, 0.3) is 0 Å². The number of halogens is 2. The van der Waals surface area contributed by atoms with Crippen molar-refractivity contribution in [1.29, 1.82) is 0 Å². The lowest BCUT2D eigenvalue weighted by atomic mass is 9.82. The minimum atomic E-state index is -1.00. The van der Waals surface area contributed by atoms with E-state index in [0.29, 0.717) is 5.92 Å². The van der Waals surface area contributed by atoms with Crippen molar-refractivity contribution in [1.82, 2.24) is 5.32 Å². The minimum Gasteiger partial charge on any atom is -0.491 e. The van der Waals surface area contributed by atoms with Crippen molar-refractivity contribution in [3.63, 3.8) is 0 Å². The Morgan fingerprint density at radius 1 is 1.39 bits per heavy atom. The van der Waals surface area contributed by atoms with Crippen LogP contribution in [0.15, 0.2) is 18.2 Å². The number of amides is 1. The predicted octanol–water partition coefficient (Wildman–Crippen LogP) is 2.65. The Kier molecular flexibility index (Phi) is 6.33. The smallest absolute Gasteiger partial charge is 0.223 e. The third-order valence-corrected chi connectivity index (χ3v) is 4.15. The van der Waals surface area contributed by atoms with Crippen LogP contribution in [0.2, 0.25) is 0 Å². The van der Waals surface area contributed by atoms with Crippen LogP contribution in [0, 0.1) is 23.5 Å². The van der Waals surface area contributed by atoms with Gasteiger partial charge in [-0.25, -0.2) is 8.78 Å². The number of aliphatic hydroxyl groups excluding tert-OH is 1. The van der Waals surface area contributed by atoms with E-state index in [1.165, 1.54) is 6.07 Å². The van der Waals surface area contributed by atoms with E-state index < -0.39 is 17.7 Å². The van der Waals surface area contributed by atoms with E-state index in [2.05, 4.69) is 12.2 Å². The highest BCUT2D eigenvalue weighted by molar-refractivity contribution is 5.78. The van der Waals surface area contributed by atoms with Gasteiger partial charge < -0.3 is 15.2 Å². The second kappa shape index (κ2) is 8.24. The Hall–Kier alpha value is -1.69. The van der Waals surface area contributed by atoms with Gasteiger partial charge in [-0.15, -0.1) is 0 Å². The fraction of sp³-hybridized carbons (Fsp3) is 0.588. The molecule has 6 heteroatoms. The fourth-order valence-corrected chi connectivity index (χ4v) is 2.85. The first-order valence-corrected chi connectivity index (χ1v) is 7.99. The average molecular weight is 327 g/mol. The van der Waals surface area contributed by atoms with Crippen molar-refractivity contribution in [2.75, 3.05) is 13.2 Å². The maximum absolute atomic E-state index is 13.0. The number of nitrogens with one attached hydrogen (secondary N) is 1. The van der Waals surface area contributed by atoms with Crippen molar-refractivity contribution in [3.05, 3.63) is 29.8 Å². The molecule has 0 radical (unpaired) electrons. The fourth-order valence-electron chi connectivity index (χ4n) is 2.85. The largest absolute Gasteiger partial charge is 0.491 e. The van der Waals surface area contributed by atoms with Gasteiger partial charge in [-0.05, 0) is 30.9 Å². The molecule has 23 heavy (non-hydrogen) atoms. The van der Waals surface area contributed by atoms with Gasteiger partial charge in [-0.3, -0.25) is 4.79 Å². The molecule has 1 aromatic carbocycles. The van der Waals surface area contributed by atoms with Crippen LogP contribution < -0.4 is 10.1 Å². The van der Waals surface area contributed by atoms with Crippen LogP contribution >= 0.6 is 0 Å². The molecule has 2 N–H and O–H groups in total. The molecule has 0 bridgehead atoms. The predicted molar refractivity (Wildman–Crippen MR) is 82.0 cm³/mol. The molecular weight excluding hydrogens is 304 g/mol. The molecule has 4 nitrogen and oxygen atoms in total. The van der Waals surface area contributed by atoms with Crippen LogP contribution in [0.25, 0.3) is 0 Å². The van der Waals surface area contributed by atoms with E-state index >= 15 is 0 Å². The highest BCUT2D eigenvalue weighted by Crippen LogP contribution is 2.28. The SMILES string of the molecule is CC1CCCC(C(=O)NCC(O)COc2ccc(F)c(F)c2)C1. The van der Waals surface area contributed by atoms with Gasteiger partial charge in [0.05, 0.1) is 0 Å². The Morgan fingerprint density at radius 3 is 2.87 bits per heavy atom. The van der Waals surface area contributed by atoms with Crippen molar-refractivity contribution >= 4 is 5.91 Å². The summed E-state index contributed by atoms with van der Waals surface area (Å²) in [6.45, 7) is 2.11. The third kappa shape index (κ3) is 5.46. The van der Waals surface area contributed by atoms with Gasteiger partial charge in [-0.2, -0.15) is 0 Å². The highest BCUT2D eigenvalue weighted by atomic mass is 19.2. The minimum absolute atomic E-state index is 0.0121. The second-order valence-corrected chi connectivity index (χ2v) is 6.25. The number of hydrogen-bond donors (Lipinski definition) is 2. The van der Waals surface area contributed by atoms with E-state index in [0.717, 1.165) is 37.8 Å². The topological polar surface area (TPSA) is 58.6 Å². The van der Waals surface area contributed by atoms with E-state index in [1.54, 1.807) is 0 Å². The highest BCUT2D eigenvalue weighted by Gasteiger charge is 2.25. The summed E-state index contributed by atoms with van der Waals surface area (Å²) in [6.07, 6.45) is 3.08. The molecule has 0 heterocycles. The molecule has 1 aliphatic rings. The summed E-state index contributed by atoms with van der Waals surface area (Å²) < 4.78 is 31.0. The molecule has 3 unspecified atom stereocenters. The molecule has 1 amide bonds. The van der Waals surface area contributed by atoms with E-state index in [4.69, 9.17) is 4.74 Å². The average Bonchev–Trinajstić information content (AvgIpc) is 2.53. The second-order valence-electron chi connectivity index (χ2n) is 6.25. The molecule has 0 aliphatic heterocycles. The summed E-state index contributed by atoms with van der Waals surface area (Å²) in [5, 5.41) is 12.6. The Bertz CT molecular complexity index is 539. The standard InChI is InChI=1S/C17H23F2NO3/c1-11-3-2-4-12(7-11)17(22)20-9-13(21)10-23-14-5-6-15(18)16(19)8-14/h5-6,8,11-13,21H,2-4,7,9-10H2,1H3,(H,20,22). The summed E-state index contributed by atoms with van der Waals surface area (Å²) >= 11 is 0. The van der Waals surface area contributed by atoms with Gasteiger partial charge >= 0.3 is 0 Å². The van der Waals surface area contributed by atoms with Gasteiger partial charge in [0.1, 0.15) is 18.5 Å². The van der Waals surface area contributed by atoms with E-state index in [-0.39, 0.29) is 30.7 Å². The monoisotopic (exact) mass is 327 g/mol. The molecule has 2 rings (SSSR count).